The molecule has 594 valence electrons. The molecule has 0 saturated carbocycles. The second-order valence-electron chi connectivity index (χ2n) is 25.2. The number of rotatable bonds is 59. The summed E-state index contributed by atoms with van der Waals surface area (Å²) in [6.45, 7) is 1.46. The molecule has 0 aliphatic heterocycles. The Hall–Kier alpha value is -8.79. The third-order valence-corrected chi connectivity index (χ3v) is 18.6. The summed E-state index contributed by atoms with van der Waals surface area (Å²) in [5, 5.41) is 67.1. The van der Waals surface area contributed by atoms with E-state index in [-0.39, 0.29) is 154 Å². The van der Waals surface area contributed by atoms with E-state index in [1.807, 2.05) is 77.9 Å². The highest BCUT2D eigenvalue weighted by molar-refractivity contribution is 14.1. The van der Waals surface area contributed by atoms with Gasteiger partial charge in [-0.1, -0.05) is 66.8 Å². The van der Waals surface area contributed by atoms with E-state index in [2.05, 4.69) is 71.6 Å². The minimum Gasteiger partial charge on any atom is -0.481 e. The molecule has 0 heterocycles. The van der Waals surface area contributed by atoms with Crippen LogP contribution in [0.1, 0.15) is 162 Å². The van der Waals surface area contributed by atoms with Gasteiger partial charge < -0.3 is 86.6 Å². The molecule has 0 radical (unpaired) electrons. The lowest BCUT2D eigenvalue weighted by Crippen LogP contribution is -2.52. The number of amides is 7. The van der Waals surface area contributed by atoms with Gasteiger partial charge in [-0.15, -0.1) is 0 Å². The third kappa shape index (κ3) is 39.9. The molecule has 0 bridgehead atoms. The topological polar surface area (TPSA) is 503 Å². The number of carbonyl (C=O) groups is 13. The van der Waals surface area contributed by atoms with Gasteiger partial charge in [-0.2, -0.15) is 0 Å². The van der Waals surface area contributed by atoms with Crippen LogP contribution in [0.3, 0.4) is 0 Å². The first-order valence-electron chi connectivity index (χ1n) is 35.8. The molecule has 7 amide bonds. The minimum atomic E-state index is -4.80. The molecular weight excluding hydrogens is 1550 g/mol. The molecule has 3 aromatic carbocycles. The minimum absolute atomic E-state index is 0.00855. The van der Waals surface area contributed by atoms with Crippen molar-refractivity contribution >= 4 is 107 Å². The average molecular weight is 1650 g/mol. The summed E-state index contributed by atoms with van der Waals surface area (Å²) < 4.78 is 40.4. The number of aliphatic carboxylic acids is 5. The molecule has 0 aromatic heterocycles. The predicted octanol–water partition coefficient (Wildman–Crippen LogP) is 3.80. The first-order chi connectivity index (χ1) is 51.7. The highest BCUT2D eigenvalue weighted by atomic mass is 127. The van der Waals surface area contributed by atoms with E-state index in [1.165, 1.54) is 0 Å². The highest BCUT2D eigenvalue weighted by Crippen LogP contribution is 2.38. The molecule has 108 heavy (non-hydrogen) atoms. The molecular formula is C73H100IN8O25P. The van der Waals surface area contributed by atoms with Crippen LogP contribution >= 0.6 is 30.3 Å². The molecule has 14 N–H and O–H groups in total. The normalized spacial score (nSPS) is 14.1. The van der Waals surface area contributed by atoms with Gasteiger partial charge in [0.15, 0.2) is 0 Å². The summed E-state index contributed by atoms with van der Waals surface area (Å²) in [7, 11) is -4.80. The van der Waals surface area contributed by atoms with E-state index in [0.29, 0.717) is 44.9 Å². The Labute approximate surface area is 639 Å². The average Bonchev–Trinajstić information content (AvgIpc) is 0.804. The zero-order valence-corrected chi connectivity index (χ0v) is 63.3. The number of benzene rings is 3. The number of Topliss-reactive ketones (excluding diaryl/α,β-unsaturated/α-hetero) is 1. The van der Waals surface area contributed by atoms with Crippen LogP contribution in [0.5, 0.6) is 0 Å². The van der Waals surface area contributed by atoms with Crippen molar-refractivity contribution in [1.29, 1.82) is 0 Å². The molecule has 1 aliphatic carbocycles. The lowest BCUT2D eigenvalue weighted by atomic mass is 9.82. The monoisotopic (exact) mass is 1650 g/mol. The molecule has 7 atom stereocenters. The Morgan fingerprint density at radius 3 is 1.56 bits per heavy atom. The Morgan fingerprint density at radius 1 is 0.435 bits per heavy atom. The summed E-state index contributed by atoms with van der Waals surface area (Å²) in [4.78, 5) is 172. The highest BCUT2D eigenvalue weighted by Gasteiger charge is 2.32. The van der Waals surface area contributed by atoms with Gasteiger partial charge in [0.05, 0.1) is 59.5 Å². The van der Waals surface area contributed by atoms with Crippen LogP contribution in [0.2, 0.25) is 0 Å². The largest absolute Gasteiger partial charge is 0.481 e. The van der Waals surface area contributed by atoms with Crippen LogP contribution in [-0.2, 0) is 103 Å². The fraction of sp³-hybridized carbons (Fsp3) is 0.548. The van der Waals surface area contributed by atoms with Crippen LogP contribution < -0.4 is 42.3 Å². The zero-order valence-electron chi connectivity index (χ0n) is 60.2. The number of aryl methyl sites for hydroxylation is 1. The van der Waals surface area contributed by atoms with Crippen molar-refractivity contribution in [2.24, 2.45) is 0 Å². The van der Waals surface area contributed by atoms with Crippen LogP contribution in [0, 0.1) is 15.4 Å². The zero-order chi connectivity index (χ0) is 79.1. The molecule has 0 spiro atoms. The second kappa shape index (κ2) is 52.3. The van der Waals surface area contributed by atoms with Crippen molar-refractivity contribution in [2.75, 3.05) is 79.1 Å². The number of ether oxygens (including phenoxy) is 4. The molecule has 33 nitrogen and oxygen atoms in total. The molecule has 1 aliphatic rings. The van der Waals surface area contributed by atoms with Crippen molar-refractivity contribution in [3.8, 4) is 11.8 Å². The summed E-state index contributed by atoms with van der Waals surface area (Å²) >= 11 is 2.22. The quantitative estimate of drug-likeness (QED) is 0.0165. The van der Waals surface area contributed by atoms with Gasteiger partial charge in [-0.25, -0.2) is 24.0 Å². The number of carboxylic acids is 5. The molecule has 0 fully saturated rings. The summed E-state index contributed by atoms with van der Waals surface area (Å²) in [5.74, 6) is -5.34. The van der Waals surface area contributed by atoms with Gasteiger partial charge in [-0.3, -0.25) is 52.5 Å². The van der Waals surface area contributed by atoms with Gasteiger partial charge in [0.25, 0.3) is 0 Å². The summed E-state index contributed by atoms with van der Waals surface area (Å²) in [6.07, 6.45) is 0.335. The van der Waals surface area contributed by atoms with Crippen molar-refractivity contribution in [2.45, 2.75) is 177 Å². The van der Waals surface area contributed by atoms with Crippen molar-refractivity contribution in [3.63, 3.8) is 0 Å². The lowest BCUT2D eigenvalue weighted by molar-refractivity contribution is -0.143. The van der Waals surface area contributed by atoms with Crippen LogP contribution in [-0.4, -0.2) is 217 Å². The summed E-state index contributed by atoms with van der Waals surface area (Å²) in [6, 6.07) is 15.8. The van der Waals surface area contributed by atoms with Gasteiger partial charge in [0.1, 0.15) is 36.0 Å². The van der Waals surface area contributed by atoms with Crippen molar-refractivity contribution in [3.05, 3.63) is 104 Å². The molecule has 4 rings (SSSR count). The maximum atomic E-state index is 13.7. The smallest absolute Gasteiger partial charge is 0.403 e. The fourth-order valence-electron chi connectivity index (χ4n) is 10.9. The third-order valence-electron chi connectivity index (χ3n) is 16.7. The molecule has 35 heteroatoms. The Morgan fingerprint density at radius 2 is 0.917 bits per heavy atom. The van der Waals surface area contributed by atoms with Gasteiger partial charge in [0.2, 0.25) is 41.4 Å². The Balaban J connectivity index is 1.12. The van der Waals surface area contributed by atoms with E-state index in [9.17, 15) is 92.2 Å². The maximum Gasteiger partial charge on any atom is 0.403 e. The van der Waals surface area contributed by atoms with Crippen molar-refractivity contribution < 1.29 is 121 Å². The van der Waals surface area contributed by atoms with E-state index < -0.39 is 136 Å². The molecule has 2 unspecified atom stereocenters. The number of hydrogen-bond donors (Lipinski definition) is 14. The van der Waals surface area contributed by atoms with Crippen molar-refractivity contribution in [1.82, 2.24) is 42.3 Å². The Kier molecular flexibility index (Phi) is 44.4. The fourth-order valence-corrected chi connectivity index (χ4v) is 12.3. The number of halogens is 1. The number of carboxylic acid groups (broad SMARTS) is 5. The predicted molar refractivity (Wildman–Crippen MR) is 396 cm³/mol. The first-order valence-corrected chi connectivity index (χ1v) is 38.5. The van der Waals surface area contributed by atoms with Gasteiger partial charge >= 0.3 is 37.6 Å². The van der Waals surface area contributed by atoms with Gasteiger partial charge in [0, 0.05) is 91.6 Å². The van der Waals surface area contributed by atoms with Crippen LogP contribution in [0.4, 0.5) is 0 Å². The first kappa shape index (κ1) is 91.6. The van der Waals surface area contributed by atoms with E-state index in [1.54, 1.807) is 0 Å². The van der Waals surface area contributed by atoms with E-state index in [4.69, 9.17) is 28.6 Å². The SMILES string of the molecule is O=C(O)CC[C@H](NP(=O)(O)OCCC[C@H](NC(=O)CC[C@H](NC(=O)CCCCCNC(=O)CC[C@@H](NC(=O)CCOCCOCCOCCOCCNC(=O)CCC(=O)C1Cc2ccccc2C#Cc2ccccc21)C(=O)N[C@@H](CCCCNC(=O)CCCc1ccc(I)cc1)C(=O)O)C(=O)O)C(=O)O)C(=O)O. The molecule has 3 aromatic rings. The number of hydrogen-bond acceptors (Lipinski definition) is 19. The number of unbranched alkanes of at least 4 members (excludes halogenated alkanes) is 3. The number of fused-ring (bicyclic) bond motifs is 2. The van der Waals surface area contributed by atoms with Crippen LogP contribution in [0.15, 0.2) is 72.8 Å². The number of ketones is 1. The second-order valence-corrected chi connectivity index (χ2v) is 28.0. The lowest BCUT2D eigenvalue weighted by Gasteiger charge is -2.21. The Bertz CT molecular complexity index is 3560. The maximum absolute atomic E-state index is 13.7. The molecule has 0 saturated heterocycles. The van der Waals surface area contributed by atoms with Gasteiger partial charge in [-0.05, 0) is 147 Å². The standard InChI is InChI=1S/C73H100IN8O25P/c74-53-25-21-49(22-26-53)12-10-20-62(84)75-37-9-7-17-58(71(95)96)81-69(92)56(27-31-63(85)76-36-8-1-2-19-65(87)80-59(72(97)98)28-32-66(88)79-57(70(93)94)18-11-39-107-108(101,102)82-60(73(99)100)29-34-68(90)91)78-67(89)35-40-103-42-44-105-46-47-106-45-43-104-41-38-77-64(86)33-30-61(83)55-48-52-15-4-3-13-50(52)23-24-51-14-5-6-16-54(51)55/h3-6,13-16,21-22,25-26,55-60H,1-2,7-12,17-20,27-48H2,(H,75,84)(H,76,85)(H,77,86)(H,78,89)(H,79,88)(H,80,87)(H,81,92)(H,90,91)(H,93,94)(H,95,96)(H,97,98)(H,99,100)(H2,82,101,102)/t55?,56-,57+,58+,59+,60+/m1/s1. The van der Waals surface area contributed by atoms with Crippen LogP contribution in [0.25, 0.3) is 0 Å². The van der Waals surface area contributed by atoms with E-state index >= 15 is 0 Å². The number of nitrogens with one attached hydrogen (secondary N) is 8. The number of carbonyl (C=O) groups excluding carboxylic acids is 8. The van der Waals surface area contributed by atoms with E-state index in [0.717, 1.165) is 37.8 Å². The summed E-state index contributed by atoms with van der Waals surface area (Å²) in [5.41, 5.74) is 4.64.